The Bertz CT molecular complexity index is 1030. The van der Waals surface area contributed by atoms with Crippen LogP contribution in [0.2, 0.25) is 0 Å². The summed E-state index contributed by atoms with van der Waals surface area (Å²) >= 11 is 0.939. The summed E-state index contributed by atoms with van der Waals surface area (Å²) in [5.74, 6) is -0.744. The molecule has 1 heterocycles. The molecule has 0 saturated heterocycles. The lowest BCUT2D eigenvalue weighted by atomic mass is 10.1. The highest BCUT2D eigenvalue weighted by atomic mass is 32.1. The number of nitrogens with one attached hydrogen (secondary N) is 1. The van der Waals surface area contributed by atoms with Gasteiger partial charge in [-0.05, 0) is 31.6 Å². The molecule has 0 spiro atoms. The number of benzene rings is 1. The zero-order valence-corrected chi connectivity index (χ0v) is 16.3. The van der Waals surface area contributed by atoms with Crippen molar-refractivity contribution in [3.05, 3.63) is 51.4 Å². The highest BCUT2D eigenvalue weighted by molar-refractivity contribution is 7.18. The van der Waals surface area contributed by atoms with Gasteiger partial charge < -0.3 is 14.8 Å². The summed E-state index contributed by atoms with van der Waals surface area (Å²) in [6.45, 7) is 3.48. The molecule has 0 aliphatic heterocycles. The first-order valence-electron chi connectivity index (χ1n) is 8.23. The van der Waals surface area contributed by atoms with E-state index in [1.807, 2.05) is 12.1 Å². The third-order valence-electron chi connectivity index (χ3n) is 3.75. The summed E-state index contributed by atoms with van der Waals surface area (Å²) in [7, 11) is 1.49. The average Bonchev–Trinajstić information content (AvgIpc) is 3.01. The van der Waals surface area contributed by atoms with Crippen molar-refractivity contribution in [1.82, 2.24) is 0 Å². The summed E-state index contributed by atoms with van der Waals surface area (Å²) < 4.78 is 10.2. The van der Waals surface area contributed by atoms with E-state index in [2.05, 4.69) is 5.32 Å². The average molecular weight is 395 g/mol. The molecule has 2 rings (SSSR count). The van der Waals surface area contributed by atoms with Gasteiger partial charge in [0.05, 0.1) is 19.3 Å². The molecule has 1 amide bonds. The van der Waals surface area contributed by atoms with E-state index in [4.69, 9.17) is 9.47 Å². The normalized spacial score (nSPS) is 10.5. The number of nitrogens with zero attached hydrogens (tertiary/aromatic N) is 2. The number of methoxy groups -OCH3 is 1. The van der Waals surface area contributed by atoms with E-state index >= 15 is 0 Å². The molecule has 2 aromatic rings. The first-order chi connectivity index (χ1) is 13.5. The van der Waals surface area contributed by atoms with Gasteiger partial charge in [-0.2, -0.15) is 10.5 Å². The quantitative estimate of drug-likeness (QED) is 0.454. The van der Waals surface area contributed by atoms with Crippen LogP contribution in [0.3, 0.4) is 0 Å². The molecule has 8 heteroatoms. The van der Waals surface area contributed by atoms with Crippen molar-refractivity contribution in [3.63, 3.8) is 0 Å². The maximum Gasteiger partial charge on any atom is 0.348 e. The Morgan fingerprint density at radius 1 is 1.29 bits per heavy atom. The number of ether oxygens (including phenoxy) is 2. The Kier molecular flexibility index (Phi) is 6.91. The second-order valence-electron chi connectivity index (χ2n) is 5.46. The molecule has 0 fully saturated rings. The highest BCUT2D eigenvalue weighted by Crippen LogP contribution is 2.33. The standard InChI is InChI=1S/C20H17N3O4S/c1-4-27-20(25)17-12(2)15(11-22)19(28-17)23-18(24)14(10-21)9-13-7-5-6-8-16(13)26-3/h5-9H,4H2,1-3H3,(H,23,24)/b14-9+. The van der Waals surface area contributed by atoms with Crippen LogP contribution in [0, 0.1) is 29.6 Å². The minimum Gasteiger partial charge on any atom is -0.496 e. The molecular weight excluding hydrogens is 378 g/mol. The van der Waals surface area contributed by atoms with E-state index < -0.39 is 11.9 Å². The maximum atomic E-state index is 12.6. The second-order valence-corrected chi connectivity index (χ2v) is 6.48. The van der Waals surface area contributed by atoms with Crippen LogP contribution in [0.5, 0.6) is 5.75 Å². The Hall–Kier alpha value is -3.62. The number of hydrogen-bond acceptors (Lipinski definition) is 7. The fourth-order valence-electron chi connectivity index (χ4n) is 2.39. The number of anilines is 1. The lowest BCUT2D eigenvalue weighted by Crippen LogP contribution is -2.13. The van der Waals surface area contributed by atoms with Gasteiger partial charge in [0, 0.05) is 5.56 Å². The Morgan fingerprint density at radius 3 is 2.61 bits per heavy atom. The van der Waals surface area contributed by atoms with E-state index in [0.29, 0.717) is 16.9 Å². The van der Waals surface area contributed by atoms with Crippen molar-refractivity contribution in [2.24, 2.45) is 0 Å². The van der Waals surface area contributed by atoms with Crippen molar-refractivity contribution in [3.8, 4) is 17.9 Å². The lowest BCUT2D eigenvalue weighted by molar-refractivity contribution is -0.112. The number of hydrogen-bond donors (Lipinski definition) is 1. The Labute approximate surface area is 166 Å². The molecule has 0 aliphatic rings. The van der Waals surface area contributed by atoms with Crippen LogP contribution in [0.15, 0.2) is 29.8 Å². The number of rotatable bonds is 6. The Balaban J connectivity index is 2.37. The molecule has 0 bridgehead atoms. The second kappa shape index (κ2) is 9.36. The van der Waals surface area contributed by atoms with Gasteiger partial charge in [0.25, 0.3) is 5.91 Å². The fraction of sp³-hybridized carbons (Fsp3) is 0.200. The van der Waals surface area contributed by atoms with Crippen LogP contribution >= 0.6 is 11.3 Å². The molecule has 1 aromatic carbocycles. The zero-order chi connectivity index (χ0) is 20.7. The van der Waals surface area contributed by atoms with Gasteiger partial charge in [-0.15, -0.1) is 11.3 Å². The summed E-state index contributed by atoms with van der Waals surface area (Å²) in [5.41, 5.74) is 0.980. The van der Waals surface area contributed by atoms with Crippen molar-refractivity contribution >= 4 is 34.3 Å². The van der Waals surface area contributed by atoms with Crippen LogP contribution < -0.4 is 10.1 Å². The van der Waals surface area contributed by atoms with E-state index in [1.165, 1.54) is 13.2 Å². The van der Waals surface area contributed by atoms with Crippen LogP contribution in [-0.2, 0) is 9.53 Å². The minimum atomic E-state index is -0.693. The minimum absolute atomic E-state index is 0.163. The largest absolute Gasteiger partial charge is 0.496 e. The number of carbonyl (C=O) groups is 2. The molecule has 142 valence electrons. The number of amides is 1. The van der Waals surface area contributed by atoms with Crippen LogP contribution in [-0.4, -0.2) is 25.6 Å². The number of esters is 1. The predicted octanol–water partition coefficient (Wildman–Crippen LogP) is 3.66. The van der Waals surface area contributed by atoms with Gasteiger partial charge in [-0.3, -0.25) is 4.79 Å². The number of para-hydroxylation sites is 1. The molecule has 28 heavy (non-hydrogen) atoms. The van der Waals surface area contributed by atoms with Gasteiger partial charge in [0.1, 0.15) is 33.3 Å². The first kappa shape index (κ1) is 20.7. The van der Waals surface area contributed by atoms with Crippen LogP contribution in [0.4, 0.5) is 5.00 Å². The number of nitriles is 2. The first-order valence-corrected chi connectivity index (χ1v) is 9.05. The fourth-order valence-corrected chi connectivity index (χ4v) is 3.43. The van der Waals surface area contributed by atoms with Gasteiger partial charge in [-0.25, -0.2) is 4.79 Å². The third-order valence-corrected chi connectivity index (χ3v) is 4.94. The summed E-state index contributed by atoms with van der Waals surface area (Å²) in [4.78, 5) is 24.8. The topological polar surface area (TPSA) is 112 Å². The summed E-state index contributed by atoms with van der Waals surface area (Å²) in [5, 5.41) is 21.5. The summed E-state index contributed by atoms with van der Waals surface area (Å²) in [6, 6.07) is 10.8. The van der Waals surface area contributed by atoms with E-state index in [9.17, 15) is 20.1 Å². The molecule has 0 saturated carbocycles. The zero-order valence-electron chi connectivity index (χ0n) is 15.5. The molecule has 0 aliphatic carbocycles. The van der Waals surface area contributed by atoms with Crippen molar-refractivity contribution in [1.29, 1.82) is 10.5 Å². The molecule has 1 N–H and O–H groups in total. The van der Waals surface area contributed by atoms with Crippen molar-refractivity contribution < 1.29 is 19.1 Å². The van der Waals surface area contributed by atoms with Gasteiger partial charge >= 0.3 is 5.97 Å². The number of thiophene rings is 1. The monoisotopic (exact) mass is 395 g/mol. The van der Waals surface area contributed by atoms with Crippen LogP contribution in [0.1, 0.15) is 33.3 Å². The third kappa shape index (κ3) is 4.37. The maximum absolute atomic E-state index is 12.6. The molecule has 0 atom stereocenters. The Morgan fingerprint density at radius 2 is 2.00 bits per heavy atom. The van der Waals surface area contributed by atoms with Crippen LogP contribution in [0.25, 0.3) is 6.08 Å². The lowest BCUT2D eigenvalue weighted by Gasteiger charge is -2.05. The number of carbonyl (C=O) groups excluding carboxylic acids is 2. The molecule has 0 unspecified atom stereocenters. The highest BCUT2D eigenvalue weighted by Gasteiger charge is 2.23. The van der Waals surface area contributed by atoms with E-state index in [-0.39, 0.29) is 27.6 Å². The predicted molar refractivity (Wildman–Crippen MR) is 105 cm³/mol. The summed E-state index contributed by atoms with van der Waals surface area (Å²) in [6.07, 6.45) is 1.40. The molecule has 7 nitrogen and oxygen atoms in total. The van der Waals surface area contributed by atoms with Gasteiger partial charge in [0.15, 0.2) is 0 Å². The molecule has 1 aromatic heterocycles. The van der Waals surface area contributed by atoms with Gasteiger partial charge in [0.2, 0.25) is 0 Å². The SMILES string of the molecule is CCOC(=O)c1sc(NC(=O)/C(C#N)=C/c2ccccc2OC)c(C#N)c1C. The van der Waals surface area contributed by atoms with Gasteiger partial charge in [-0.1, -0.05) is 18.2 Å². The van der Waals surface area contributed by atoms with E-state index in [1.54, 1.807) is 38.1 Å². The van der Waals surface area contributed by atoms with E-state index in [0.717, 1.165) is 11.3 Å². The smallest absolute Gasteiger partial charge is 0.348 e. The molecule has 0 radical (unpaired) electrons. The molecular formula is C20H17N3O4S. The van der Waals surface area contributed by atoms with Crippen molar-refractivity contribution in [2.75, 3.05) is 19.0 Å². The van der Waals surface area contributed by atoms with Crippen molar-refractivity contribution in [2.45, 2.75) is 13.8 Å².